The van der Waals surface area contributed by atoms with Gasteiger partial charge in [0.15, 0.2) is 11.6 Å². The van der Waals surface area contributed by atoms with Crippen molar-refractivity contribution < 1.29 is 8.78 Å². The van der Waals surface area contributed by atoms with E-state index in [4.69, 9.17) is 0 Å². The molecule has 1 aliphatic heterocycles. The van der Waals surface area contributed by atoms with Crippen molar-refractivity contribution in [1.82, 2.24) is 5.32 Å². The van der Waals surface area contributed by atoms with Crippen LogP contribution >= 0.6 is 15.9 Å². The third kappa shape index (κ3) is 3.08. The first-order valence-electron chi connectivity index (χ1n) is 6.76. The summed E-state index contributed by atoms with van der Waals surface area (Å²) in [5, 5.41) is 3.49. The van der Waals surface area contributed by atoms with Crippen LogP contribution in [0.3, 0.4) is 0 Å². The Morgan fingerprint density at radius 1 is 1.21 bits per heavy atom. The van der Waals surface area contributed by atoms with E-state index in [0.29, 0.717) is 16.4 Å². The van der Waals surface area contributed by atoms with Crippen molar-refractivity contribution in [3.05, 3.63) is 28.2 Å². The number of anilines is 1. The minimum Gasteiger partial charge on any atom is -0.366 e. The molecule has 0 amide bonds. The average Bonchev–Trinajstić information content (AvgIpc) is 3.05. The Balaban J connectivity index is 1.66. The topological polar surface area (TPSA) is 15.3 Å². The number of hydrogen-bond donors (Lipinski definition) is 1. The van der Waals surface area contributed by atoms with Crippen molar-refractivity contribution in [3.63, 3.8) is 0 Å². The number of hydrogen-bond acceptors (Lipinski definition) is 2. The van der Waals surface area contributed by atoms with Gasteiger partial charge in [0.2, 0.25) is 0 Å². The highest BCUT2D eigenvalue weighted by Crippen LogP contribution is 2.31. The first-order chi connectivity index (χ1) is 9.13. The summed E-state index contributed by atoms with van der Waals surface area (Å²) in [6, 6.07) is 3.35. The SMILES string of the molecule is Fc1cc(Br)cc(F)c1N1CCC(CNC2CC2)C1. The molecule has 1 heterocycles. The summed E-state index contributed by atoms with van der Waals surface area (Å²) in [4.78, 5) is 1.83. The van der Waals surface area contributed by atoms with Crippen LogP contribution in [0.4, 0.5) is 14.5 Å². The van der Waals surface area contributed by atoms with Crippen molar-refractivity contribution >= 4 is 21.6 Å². The number of nitrogens with zero attached hydrogens (tertiary/aromatic N) is 1. The Hall–Kier alpha value is -0.680. The molecule has 1 saturated heterocycles. The van der Waals surface area contributed by atoms with Crippen molar-refractivity contribution in [2.24, 2.45) is 5.92 Å². The second kappa shape index (κ2) is 5.37. The lowest BCUT2D eigenvalue weighted by Gasteiger charge is -2.20. The fraction of sp³-hybridized carbons (Fsp3) is 0.571. The summed E-state index contributed by atoms with van der Waals surface area (Å²) in [6.45, 7) is 2.42. The predicted molar refractivity (Wildman–Crippen MR) is 75.4 cm³/mol. The standard InChI is InChI=1S/C14H17BrF2N2/c15-10-5-12(16)14(13(17)6-10)19-4-3-9(8-19)7-18-11-1-2-11/h5-6,9,11,18H,1-4,7-8H2. The molecule has 1 aliphatic carbocycles. The zero-order valence-electron chi connectivity index (χ0n) is 10.6. The molecule has 1 atom stereocenters. The van der Waals surface area contributed by atoms with Crippen LogP contribution in [0.25, 0.3) is 0 Å². The van der Waals surface area contributed by atoms with E-state index in [9.17, 15) is 8.78 Å². The van der Waals surface area contributed by atoms with Crippen molar-refractivity contribution in [2.45, 2.75) is 25.3 Å². The molecule has 0 aromatic heterocycles. The summed E-state index contributed by atoms with van der Waals surface area (Å²) in [5.41, 5.74) is 0.122. The molecule has 2 nitrogen and oxygen atoms in total. The molecule has 2 aliphatic rings. The van der Waals surface area contributed by atoms with E-state index < -0.39 is 11.6 Å². The molecule has 5 heteroatoms. The second-order valence-electron chi connectivity index (χ2n) is 5.50. The third-order valence-electron chi connectivity index (χ3n) is 3.86. The molecular formula is C14H17BrF2N2. The lowest BCUT2D eigenvalue weighted by Crippen LogP contribution is -2.28. The molecule has 104 valence electrons. The Bertz CT molecular complexity index is 454. The average molecular weight is 331 g/mol. The number of halogens is 3. The summed E-state index contributed by atoms with van der Waals surface area (Å²) in [6.07, 6.45) is 3.54. The van der Waals surface area contributed by atoms with Gasteiger partial charge in [0.25, 0.3) is 0 Å². The maximum absolute atomic E-state index is 13.9. The van der Waals surface area contributed by atoms with Crippen molar-refractivity contribution in [2.75, 3.05) is 24.5 Å². The van der Waals surface area contributed by atoms with Gasteiger partial charge in [-0.1, -0.05) is 15.9 Å². The molecule has 0 radical (unpaired) electrons. The molecule has 1 N–H and O–H groups in total. The van der Waals surface area contributed by atoms with Gasteiger partial charge in [-0.3, -0.25) is 0 Å². The minimum atomic E-state index is -0.484. The van der Waals surface area contributed by atoms with E-state index in [2.05, 4.69) is 21.2 Å². The predicted octanol–water partition coefficient (Wildman–Crippen LogP) is 3.31. The van der Waals surface area contributed by atoms with Gasteiger partial charge < -0.3 is 10.2 Å². The van der Waals surface area contributed by atoms with Crippen molar-refractivity contribution in [3.8, 4) is 0 Å². The monoisotopic (exact) mass is 330 g/mol. The number of rotatable bonds is 4. The van der Waals surface area contributed by atoms with Crippen LogP contribution in [0, 0.1) is 17.6 Å². The summed E-state index contributed by atoms with van der Waals surface area (Å²) in [5.74, 6) is -0.478. The quantitative estimate of drug-likeness (QED) is 0.911. The summed E-state index contributed by atoms with van der Waals surface area (Å²) >= 11 is 3.11. The Morgan fingerprint density at radius 2 is 1.89 bits per heavy atom. The zero-order chi connectivity index (χ0) is 13.4. The van der Waals surface area contributed by atoms with Gasteiger partial charge in [-0.25, -0.2) is 8.78 Å². The molecule has 1 unspecified atom stereocenters. The largest absolute Gasteiger partial charge is 0.366 e. The van der Waals surface area contributed by atoms with E-state index in [1.54, 1.807) is 0 Å². The maximum atomic E-state index is 13.9. The fourth-order valence-corrected chi connectivity index (χ4v) is 3.06. The number of nitrogens with one attached hydrogen (secondary N) is 1. The lowest BCUT2D eigenvalue weighted by atomic mass is 10.1. The molecule has 0 bridgehead atoms. The lowest BCUT2D eigenvalue weighted by molar-refractivity contribution is 0.513. The van der Waals surface area contributed by atoms with Gasteiger partial charge in [-0.05, 0) is 43.9 Å². The smallest absolute Gasteiger partial charge is 0.150 e. The highest BCUT2D eigenvalue weighted by atomic mass is 79.9. The van der Waals surface area contributed by atoms with Gasteiger partial charge in [0, 0.05) is 23.6 Å². The van der Waals surface area contributed by atoms with Gasteiger partial charge in [0.05, 0.1) is 0 Å². The fourth-order valence-electron chi connectivity index (χ4n) is 2.66. The first-order valence-corrected chi connectivity index (χ1v) is 7.55. The van der Waals surface area contributed by atoms with Crippen LogP contribution < -0.4 is 10.2 Å². The molecule has 1 aromatic rings. The molecule has 1 saturated carbocycles. The molecule has 19 heavy (non-hydrogen) atoms. The molecule has 3 rings (SSSR count). The second-order valence-corrected chi connectivity index (χ2v) is 6.42. The van der Waals surface area contributed by atoms with Gasteiger partial charge in [0.1, 0.15) is 5.69 Å². The Kier molecular flexibility index (Phi) is 3.76. The molecule has 2 fully saturated rings. The highest BCUT2D eigenvalue weighted by molar-refractivity contribution is 9.10. The molecule has 1 aromatic carbocycles. The minimum absolute atomic E-state index is 0.122. The van der Waals surface area contributed by atoms with E-state index >= 15 is 0 Å². The summed E-state index contributed by atoms with van der Waals surface area (Å²) < 4.78 is 28.2. The van der Waals surface area contributed by atoms with E-state index in [1.807, 2.05) is 4.90 Å². The van der Waals surface area contributed by atoms with E-state index in [1.165, 1.54) is 25.0 Å². The van der Waals surface area contributed by atoms with Gasteiger partial charge in [-0.15, -0.1) is 0 Å². The number of benzene rings is 1. The van der Waals surface area contributed by atoms with Crippen LogP contribution in [0.5, 0.6) is 0 Å². The maximum Gasteiger partial charge on any atom is 0.150 e. The summed E-state index contributed by atoms with van der Waals surface area (Å²) in [7, 11) is 0. The molecule has 0 spiro atoms. The zero-order valence-corrected chi connectivity index (χ0v) is 12.2. The normalized spacial score (nSPS) is 23.1. The Labute approximate surface area is 120 Å². The van der Waals surface area contributed by atoms with Crippen LogP contribution in [0.2, 0.25) is 0 Å². The third-order valence-corrected chi connectivity index (χ3v) is 4.31. The van der Waals surface area contributed by atoms with Crippen LogP contribution in [0.15, 0.2) is 16.6 Å². The Morgan fingerprint density at radius 3 is 2.53 bits per heavy atom. The van der Waals surface area contributed by atoms with E-state index in [0.717, 1.165) is 26.1 Å². The van der Waals surface area contributed by atoms with Gasteiger partial charge in [-0.2, -0.15) is 0 Å². The van der Waals surface area contributed by atoms with E-state index in [-0.39, 0.29) is 5.69 Å². The highest BCUT2D eigenvalue weighted by Gasteiger charge is 2.28. The van der Waals surface area contributed by atoms with Crippen molar-refractivity contribution in [1.29, 1.82) is 0 Å². The van der Waals surface area contributed by atoms with Crippen LogP contribution in [-0.4, -0.2) is 25.7 Å². The first kappa shape index (κ1) is 13.3. The molecular weight excluding hydrogens is 314 g/mol. The van der Waals surface area contributed by atoms with Crippen LogP contribution in [-0.2, 0) is 0 Å². The van der Waals surface area contributed by atoms with Crippen LogP contribution in [0.1, 0.15) is 19.3 Å². The van der Waals surface area contributed by atoms with Gasteiger partial charge >= 0.3 is 0 Å².